The lowest BCUT2D eigenvalue weighted by Crippen LogP contribution is -2.37. The van der Waals surface area contributed by atoms with E-state index in [1.807, 2.05) is 13.8 Å². The second kappa shape index (κ2) is 5.39. The van der Waals surface area contributed by atoms with Crippen LogP contribution in [0.3, 0.4) is 0 Å². The fraction of sp³-hybridized carbons (Fsp3) is 0.385. The summed E-state index contributed by atoms with van der Waals surface area (Å²) < 4.78 is 0. The molecule has 1 fully saturated rings. The van der Waals surface area contributed by atoms with Crippen LogP contribution in [0.25, 0.3) is 0 Å². The van der Waals surface area contributed by atoms with E-state index in [4.69, 9.17) is 23.2 Å². The van der Waals surface area contributed by atoms with Crippen molar-refractivity contribution in [1.82, 2.24) is 4.90 Å². The highest BCUT2D eigenvalue weighted by atomic mass is 35.5. The Labute approximate surface area is 121 Å². The van der Waals surface area contributed by atoms with Gasteiger partial charge in [-0.1, -0.05) is 30.1 Å². The van der Waals surface area contributed by atoms with Gasteiger partial charge in [0, 0.05) is 16.1 Å². The van der Waals surface area contributed by atoms with Crippen LogP contribution in [0.4, 0.5) is 10.5 Å². The topological polar surface area (TPSA) is 40.6 Å². The molecule has 1 saturated heterocycles. The normalized spacial score (nSPS) is 17.3. The molecular formula is C13H14Cl2N2O2. The molecule has 0 N–H and O–H groups in total. The molecule has 3 amide bonds. The van der Waals surface area contributed by atoms with Crippen LogP contribution < -0.4 is 4.90 Å². The molecule has 2 rings (SSSR count). The highest BCUT2D eigenvalue weighted by molar-refractivity contribution is 6.35. The van der Waals surface area contributed by atoms with E-state index in [1.165, 1.54) is 0 Å². The van der Waals surface area contributed by atoms with Gasteiger partial charge in [-0.3, -0.25) is 4.79 Å². The van der Waals surface area contributed by atoms with Crippen molar-refractivity contribution in [1.29, 1.82) is 0 Å². The van der Waals surface area contributed by atoms with Crippen molar-refractivity contribution in [2.75, 3.05) is 11.4 Å². The molecule has 0 radical (unpaired) electrons. The maximum Gasteiger partial charge on any atom is 0.332 e. The summed E-state index contributed by atoms with van der Waals surface area (Å²) in [5, 5.41) is 0.787. The first-order valence-electron chi connectivity index (χ1n) is 6.03. The van der Waals surface area contributed by atoms with E-state index in [2.05, 4.69) is 0 Å². The van der Waals surface area contributed by atoms with Gasteiger partial charge in [0.1, 0.15) is 6.54 Å². The Kier molecular flexibility index (Phi) is 4.02. The van der Waals surface area contributed by atoms with Crippen molar-refractivity contribution in [2.45, 2.75) is 26.3 Å². The molecule has 0 aromatic heterocycles. The second-order valence-corrected chi connectivity index (χ2v) is 5.40. The van der Waals surface area contributed by atoms with Crippen LogP contribution in [0.15, 0.2) is 18.2 Å². The zero-order valence-electron chi connectivity index (χ0n) is 10.7. The maximum atomic E-state index is 12.3. The smallest absolute Gasteiger partial charge is 0.312 e. The van der Waals surface area contributed by atoms with E-state index in [-0.39, 0.29) is 24.5 Å². The minimum absolute atomic E-state index is 0.0242. The molecule has 1 aliphatic heterocycles. The molecule has 0 saturated carbocycles. The number of anilines is 1. The number of rotatable bonds is 3. The molecule has 4 nitrogen and oxygen atoms in total. The number of amides is 3. The van der Waals surface area contributed by atoms with Gasteiger partial charge in [0.15, 0.2) is 0 Å². The zero-order valence-corrected chi connectivity index (χ0v) is 12.2. The molecule has 19 heavy (non-hydrogen) atoms. The molecule has 1 heterocycles. The fourth-order valence-electron chi connectivity index (χ4n) is 2.01. The van der Waals surface area contributed by atoms with Gasteiger partial charge in [0.25, 0.3) is 5.91 Å². The summed E-state index contributed by atoms with van der Waals surface area (Å²) >= 11 is 11.8. The van der Waals surface area contributed by atoms with Crippen LogP contribution >= 0.6 is 23.2 Å². The number of carbonyl (C=O) groups is 2. The predicted octanol–water partition coefficient (Wildman–Crippen LogP) is 3.56. The minimum Gasteiger partial charge on any atom is -0.312 e. The van der Waals surface area contributed by atoms with Gasteiger partial charge in [-0.2, -0.15) is 0 Å². The van der Waals surface area contributed by atoms with Crippen LogP contribution in [0.5, 0.6) is 0 Å². The maximum absolute atomic E-state index is 12.3. The van der Waals surface area contributed by atoms with E-state index in [9.17, 15) is 9.59 Å². The summed E-state index contributed by atoms with van der Waals surface area (Å²) in [6, 6.07) is 4.38. The van der Waals surface area contributed by atoms with E-state index < -0.39 is 0 Å². The van der Waals surface area contributed by atoms with Crippen molar-refractivity contribution >= 4 is 40.8 Å². The Morgan fingerprint density at radius 2 is 1.79 bits per heavy atom. The van der Waals surface area contributed by atoms with E-state index in [0.29, 0.717) is 15.7 Å². The number of carbonyl (C=O) groups excluding carboxylic acids is 2. The highest BCUT2D eigenvalue weighted by Crippen LogP contribution is 2.29. The summed E-state index contributed by atoms with van der Waals surface area (Å²) in [5.74, 6) is -0.261. The van der Waals surface area contributed by atoms with Crippen LogP contribution in [-0.2, 0) is 4.79 Å². The molecule has 0 spiro atoms. The third kappa shape index (κ3) is 2.69. The highest BCUT2D eigenvalue weighted by Gasteiger charge is 2.39. The first-order valence-corrected chi connectivity index (χ1v) is 6.79. The number of benzene rings is 1. The number of nitrogens with zero attached hydrogens (tertiary/aromatic N) is 2. The average Bonchev–Trinajstić information content (AvgIpc) is 2.62. The lowest BCUT2D eigenvalue weighted by Gasteiger charge is -2.22. The molecule has 1 aromatic carbocycles. The third-order valence-corrected chi connectivity index (χ3v) is 3.66. The van der Waals surface area contributed by atoms with E-state index >= 15 is 0 Å². The summed E-state index contributed by atoms with van der Waals surface area (Å²) in [6.07, 6.45) is 0.795. The molecule has 1 unspecified atom stereocenters. The minimum atomic E-state index is -0.322. The van der Waals surface area contributed by atoms with Crippen molar-refractivity contribution < 1.29 is 9.59 Å². The quantitative estimate of drug-likeness (QED) is 0.801. The third-order valence-electron chi connectivity index (χ3n) is 3.22. The second-order valence-electron chi connectivity index (χ2n) is 4.52. The van der Waals surface area contributed by atoms with Crippen molar-refractivity contribution in [2.24, 2.45) is 0 Å². The number of imide groups is 1. The van der Waals surface area contributed by atoms with Crippen LogP contribution in [0.2, 0.25) is 10.0 Å². The Balaban J connectivity index is 2.35. The number of hydrogen-bond acceptors (Lipinski definition) is 2. The SMILES string of the molecule is CCC(C)N1CC(=O)N(c2cc(Cl)cc(Cl)c2)C1=O. The van der Waals surface area contributed by atoms with Crippen LogP contribution in [-0.4, -0.2) is 29.4 Å². The Hall–Kier alpha value is -1.26. The van der Waals surface area contributed by atoms with Gasteiger partial charge in [-0.15, -0.1) is 0 Å². The summed E-state index contributed by atoms with van der Waals surface area (Å²) in [7, 11) is 0. The Bertz CT molecular complexity index is 513. The van der Waals surface area contributed by atoms with Crippen molar-refractivity contribution in [3.8, 4) is 0 Å². The lowest BCUT2D eigenvalue weighted by atomic mass is 10.2. The summed E-state index contributed by atoms with van der Waals surface area (Å²) in [6.45, 7) is 3.99. The standard InChI is InChI=1S/C13H14Cl2N2O2/c1-3-8(2)16-7-12(18)17(13(16)19)11-5-9(14)4-10(15)6-11/h4-6,8H,3,7H2,1-2H3. The molecule has 6 heteroatoms. The molecule has 0 bridgehead atoms. The van der Waals surface area contributed by atoms with E-state index in [0.717, 1.165) is 11.3 Å². The van der Waals surface area contributed by atoms with E-state index in [1.54, 1.807) is 23.1 Å². The number of urea groups is 1. The van der Waals surface area contributed by atoms with Gasteiger partial charge >= 0.3 is 6.03 Å². The van der Waals surface area contributed by atoms with Crippen LogP contribution in [0, 0.1) is 0 Å². The lowest BCUT2D eigenvalue weighted by molar-refractivity contribution is -0.116. The van der Waals surface area contributed by atoms with Gasteiger partial charge in [-0.05, 0) is 31.5 Å². The molecule has 0 aliphatic carbocycles. The largest absolute Gasteiger partial charge is 0.332 e. The zero-order chi connectivity index (χ0) is 14.2. The molecular weight excluding hydrogens is 287 g/mol. The Morgan fingerprint density at radius 3 is 2.32 bits per heavy atom. The summed E-state index contributed by atoms with van der Waals surface area (Å²) in [4.78, 5) is 27.0. The molecule has 1 aliphatic rings. The fourth-order valence-corrected chi connectivity index (χ4v) is 2.52. The molecule has 102 valence electrons. The van der Waals surface area contributed by atoms with Crippen LogP contribution in [0.1, 0.15) is 20.3 Å². The Morgan fingerprint density at radius 1 is 1.21 bits per heavy atom. The van der Waals surface area contributed by atoms with Gasteiger partial charge in [0.2, 0.25) is 0 Å². The molecule has 1 atom stereocenters. The van der Waals surface area contributed by atoms with Gasteiger partial charge in [0.05, 0.1) is 5.69 Å². The molecule has 1 aromatic rings. The predicted molar refractivity (Wildman–Crippen MR) is 75.8 cm³/mol. The van der Waals surface area contributed by atoms with Crippen molar-refractivity contribution in [3.05, 3.63) is 28.2 Å². The van der Waals surface area contributed by atoms with Crippen molar-refractivity contribution in [3.63, 3.8) is 0 Å². The first kappa shape index (κ1) is 14.2. The first-order chi connectivity index (χ1) is 8.93. The van der Waals surface area contributed by atoms with Gasteiger partial charge in [-0.25, -0.2) is 9.69 Å². The number of halogens is 2. The van der Waals surface area contributed by atoms with Gasteiger partial charge < -0.3 is 4.90 Å². The monoisotopic (exact) mass is 300 g/mol. The summed E-state index contributed by atoms with van der Waals surface area (Å²) in [5.41, 5.74) is 0.415. The number of hydrogen-bond donors (Lipinski definition) is 0. The average molecular weight is 301 g/mol.